The van der Waals surface area contributed by atoms with Crippen LogP contribution in [0.2, 0.25) is 0 Å². The lowest BCUT2D eigenvalue weighted by Gasteiger charge is -2.21. The summed E-state index contributed by atoms with van der Waals surface area (Å²) in [5.74, 6) is 0.183. The summed E-state index contributed by atoms with van der Waals surface area (Å²) < 4.78 is 23.1. The molecule has 0 bridgehead atoms. The number of hydrogen-bond acceptors (Lipinski definition) is 6. The molecule has 1 fully saturated rings. The zero-order chi connectivity index (χ0) is 14.8. The summed E-state index contributed by atoms with van der Waals surface area (Å²) in [4.78, 5) is 12.1. The molecule has 0 spiro atoms. The van der Waals surface area contributed by atoms with E-state index in [1.54, 1.807) is 17.0 Å². The molecule has 0 unspecified atom stereocenters. The van der Waals surface area contributed by atoms with Gasteiger partial charge in [0.05, 0.1) is 16.4 Å². The van der Waals surface area contributed by atoms with Gasteiger partial charge in [-0.3, -0.25) is 10.1 Å². The zero-order valence-corrected chi connectivity index (χ0v) is 11.5. The Labute approximate surface area is 116 Å². The fourth-order valence-electron chi connectivity index (χ4n) is 2.16. The third kappa shape index (κ3) is 3.05. The highest BCUT2D eigenvalue weighted by atomic mass is 32.2. The predicted molar refractivity (Wildman–Crippen MR) is 73.3 cm³/mol. The predicted octanol–water partition coefficient (Wildman–Crippen LogP) is 1.09. The second-order valence-corrected chi connectivity index (χ2v) is 6.87. The van der Waals surface area contributed by atoms with E-state index in [1.807, 2.05) is 0 Å². The maximum Gasteiger partial charge on any atom is 0.289 e. The van der Waals surface area contributed by atoms with E-state index in [0.717, 1.165) is 0 Å². The molecule has 1 aliphatic rings. The first-order valence-corrected chi connectivity index (χ1v) is 7.89. The third-order valence-electron chi connectivity index (χ3n) is 3.22. The van der Waals surface area contributed by atoms with Crippen LogP contribution in [0.3, 0.4) is 0 Å². The Kier molecular flexibility index (Phi) is 3.90. The molecule has 0 N–H and O–H groups in total. The molecule has 0 radical (unpaired) electrons. The Balaban J connectivity index is 2.32. The van der Waals surface area contributed by atoms with Gasteiger partial charge in [0.2, 0.25) is 0 Å². The van der Waals surface area contributed by atoms with Crippen molar-refractivity contribution in [3.8, 4) is 6.07 Å². The van der Waals surface area contributed by atoms with Crippen LogP contribution in [0, 0.1) is 21.4 Å². The average molecular weight is 295 g/mol. The van der Waals surface area contributed by atoms with Gasteiger partial charge >= 0.3 is 0 Å². The van der Waals surface area contributed by atoms with Crippen LogP contribution in [0.5, 0.6) is 0 Å². The molecule has 0 aliphatic carbocycles. The Bertz CT molecular complexity index is 678. The Morgan fingerprint density at radius 3 is 2.70 bits per heavy atom. The van der Waals surface area contributed by atoms with Gasteiger partial charge in [-0.25, -0.2) is 8.42 Å². The second kappa shape index (κ2) is 5.46. The van der Waals surface area contributed by atoms with Crippen molar-refractivity contribution >= 4 is 21.2 Å². The van der Waals surface area contributed by atoms with Gasteiger partial charge in [0.15, 0.2) is 9.84 Å². The van der Waals surface area contributed by atoms with Crippen molar-refractivity contribution in [1.82, 2.24) is 0 Å². The molecule has 0 aromatic heterocycles. The van der Waals surface area contributed by atoms with Crippen LogP contribution in [-0.2, 0) is 9.84 Å². The molecule has 1 aliphatic heterocycles. The van der Waals surface area contributed by atoms with Crippen molar-refractivity contribution in [1.29, 1.82) is 5.26 Å². The molecule has 20 heavy (non-hydrogen) atoms. The number of hydrogen-bond donors (Lipinski definition) is 0. The summed E-state index contributed by atoms with van der Waals surface area (Å²) in [6.07, 6.45) is 0.496. The van der Waals surface area contributed by atoms with Crippen LogP contribution >= 0.6 is 0 Å². The molecule has 106 valence electrons. The summed E-state index contributed by atoms with van der Waals surface area (Å²) in [5.41, 5.74) is 0.325. The molecule has 0 saturated carbocycles. The number of nitro benzene ring substituents is 1. The maximum absolute atomic E-state index is 11.5. The van der Waals surface area contributed by atoms with E-state index >= 15 is 0 Å². The third-order valence-corrected chi connectivity index (χ3v) is 4.93. The lowest BCUT2D eigenvalue weighted by molar-refractivity contribution is -0.385. The summed E-state index contributed by atoms with van der Waals surface area (Å²) >= 11 is 0. The maximum atomic E-state index is 11.5. The van der Waals surface area contributed by atoms with Crippen LogP contribution in [0.4, 0.5) is 11.4 Å². The van der Waals surface area contributed by atoms with Gasteiger partial charge in [0.25, 0.3) is 5.69 Å². The molecule has 2 rings (SSSR count). The van der Waals surface area contributed by atoms with Crippen LogP contribution in [-0.4, -0.2) is 37.9 Å². The molecule has 0 atom stereocenters. The van der Waals surface area contributed by atoms with Gasteiger partial charge < -0.3 is 4.90 Å². The number of nitro groups is 1. The number of rotatable bonds is 2. The van der Waals surface area contributed by atoms with Crippen molar-refractivity contribution in [2.45, 2.75) is 6.42 Å². The van der Waals surface area contributed by atoms with E-state index < -0.39 is 14.8 Å². The van der Waals surface area contributed by atoms with Crippen LogP contribution in [0.1, 0.15) is 12.0 Å². The van der Waals surface area contributed by atoms with Gasteiger partial charge in [-0.2, -0.15) is 5.26 Å². The Hall–Kier alpha value is -2.14. The van der Waals surface area contributed by atoms with Crippen molar-refractivity contribution < 1.29 is 13.3 Å². The topological polar surface area (TPSA) is 104 Å². The SMILES string of the molecule is N#Cc1ccc(N2CCCS(=O)(=O)CC2)cc1[N+](=O)[O-]. The molecular formula is C12H13N3O4S. The van der Waals surface area contributed by atoms with Gasteiger partial charge in [0.1, 0.15) is 11.6 Å². The standard InChI is InChI=1S/C12H13N3O4S/c13-9-10-2-3-11(8-12(10)15(16)17)14-4-1-6-20(18,19)7-5-14/h2-3,8H,1,4-7H2. The van der Waals surface area contributed by atoms with Gasteiger partial charge in [0, 0.05) is 24.8 Å². The van der Waals surface area contributed by atoms with E-state index in [-0.39, 0.29) is 22.8 Å². The van der Waals surface area contributed by atoms with E-state index in [2.05, 4.69) is 0 Å². The zero-order valence-electron chi connectivity index (χ0n) is 10.7. The number of anilines is 1. The van der Waals surface area contributed by atoms with E-state index in [1.165, 1.54) is 12.1 Å². The van der Waals surface area contributed by atoms with Gasteiger partial charge in [-0.1, -0.05) is 0 Å². The van der Waals surface area contributed by atoms with Crippen LogP contribution in [0.15, 0.2) is 18.2 Å². The summed E-state index contributed by atoms with van der Waals surface area (Å²) in [6, 6.07) is 6.12. The number of benzene rings is 1. The fraction of sp³-hybridized carbons (Fsp3) is 0.417. The first-order valence-electron chi connectivity index (χ1n) is 6.07. The van der Waals surface area contributed by atoms with Crippen molar-refractivity contribution in [3.63, 3.8) is 0 Å². The summed E-state index contributed by atoms with van der Waals surface area (Å²) in [7, 11) is -3.03. The summed E-state index contributed by atoms with van der Waals surface area (Å²) in [5, 5.41) is 19.8. The highest BCUT2D eigenvalue weighted by Gasteiger charge is 2.22. The number of nitriles is 1. The highest BCUT2D eigenvalue weighted by Crippen LogP contribution is 2.26. The fourth-order valence-corrected chi connectivity index (χ4v) is 3.43. The first-order chi connectivity index (χ1) is 9.43. The largest absolute Gasteiger partial charge is 0.370 e. The quantitative estimate of drug-likeness (QED) is 0.597. The smallest absolute Gasteiger partial charge is 0.289 e. The van der Waals surface area contributed by atoms with E-state index in [9.17, 15) is 18.5 Å². The monoisotopic (exact) mass is 295 g/mol. The number of nitrogens with zero attached hydrogens (tertiary/aromatic N) is 3. The minimum Gasteiger partial charge on any atom is -0.370 e. The molecule has 7 nitrogen and oxygen atoms in total. The first kappa shape index (κ1) is 14.3. The molecule has 8 heteroatoms. The van der Waals surface area contributed by atoms with E-state index in [4.69, 9.17) is 5.26 Å². The van der Waals surface area contributed by atoms with Crippen LogP contribution < -0.4 is 4.90 Å². The molecule has 1 aromatic rings. The highest BCUT2D eigenvalue weighted by molar-refractivity contribution is 7.91. The lowest BCUT2D eigenvalue weighted by atomic mass is 10.1. The normalized spacial score (nSPS) is 18.1. The number of sulfone groups is 1. The summed E-state index contributed by atoms with van der Waals surface area (Å²) in [6.45, 7) is 0.841. The van der Waals surface area contributed by atoms with Crippen molar-refractivity contribution in [3.05, 3.63) is 33.9 Å². The Morgan fingerprint density at radius 1 is 1.30 bits per heavy atom. The van der Waals surface area contributed by atoms with Gasteiger partial charge in [-0.05, 0) is 18.6 Å². The van der Waals surface area contributed by atoms with E-state index in [0.29, 0.717) is 25.2 Å². The van der Waals surface area contributed by atoms with Crippen molar-refractivity contribution in [2.24, 2.45) is 0 Å². The van der Waals surface area contributed by atoms with Crippen molar-refractivity contribution in [2.75, 3.05) is 29.5 Å². The molecular weight excluding hydrogens is 282 g/mol. The lowest BCUT2D eigenvalue weighted by Crippen LogP contribution is -2.26. The molecule has 1 saturated heterocycles. The minimum absolute atomic E-state index is 0.00111. The average Bonchev–Trinajstić information content (AvgIpc) is 2.59. The molecule has 1 aromatic carbocycles. The van der Waals surface area contributed by atoms with Gasteiger partial charge in [-0.15, -0.1) is 0 Å². The molecule has 0 amide bonds. The second-order valence-electron chi connectivity index (χ2n) is 4.56. The van der Waals surface area contributed by atoms with Crippen LogP contribution in [0.25, 0.3) is 0 Å². The molecule has 1 heterocycles. The Morgan fingerprint density at radius 2 is 2.05 bits per heavy atom. The minimum atomic E-state index is -3.03.